The number of ether oxygens (including phenoxy) is 3. The number of aromatic nitrogens is 1. The smallest absolute Gasteiger partial charge is 0.465 e. The largest absolute Gasteiger partial charge is 0.509 e. The molecule has 1 aliphatic carbocycles. The van der Waals surface area contributed by atoms with Gasteiger partial charge in [-0.1, -0.05) is 49.6 Å². The van der Waals surface area contributed by atoms with Crippen molar-refractivity contribution in [3.63, 3.8) is 0 Å². The van der Waals surface area contributed by atoms with Gasteiger partial charge in [0.05, 0.1) is 24.9 Å². The first-order chi connectivity index (χ1) is 15.7. The number of fused-ring (bicyclic) bond motifs is 7. The monoisotopic (exact) mass is 431 g/mol. The molecule has 2 unspecified atom stereocenters. The molecule has 2 aromatic carbocycles. The molecule has 0 amide bonds. The normalized spacial score (nSPS) is 22.3. The second kappa shape index (κ2) is 7.40. The van der Waals surface area contributed by atoms with Gasteiger partial charge in [-0.05, 0) is 36.5 Å². The molecule has 1 saturated heterocycles. The second-order valence-corrected chi connectivity index (χ2v) is 8.96. The van der Waals surface area contributed by atoms with Crippen LogP contribution in [0.5, 0.6) is 0 Å². The molecular formula is C26H25NO5. The molecule has 2 atom stereocenters. The average molecular weight is 431 g/mol. The quantitative estimate of drug-likeness (QED) is 0.485. The van der Waals surface area contributed by atoms with Crippen molar-refractivity contribution in [3.05, 3.63) is 59.2 Å². The maximum Gasteiger partial charge on any atom is 0.509 e. The number of nitrogens with zero attached hydrogens (tertiary/aromatic N) is 1. The van der Waals surface area contributed by atoms with Crippen LogP contribution in [0.2, 0.25) is 0 Å². The van der Waals surface area contributed by atoms with Crippen LogP contribution < -0.4 is 0 Å². The minimum atomic E-state index is -0.627. The summed E-state index contributed by atoms with van der Waals surface area (Å²) in [7, 11) is 1.40. The van der Waals surface area contributed by atoms with Crippen LogP contribution >= 0.6 is 0 Å². The molecule has 6 heteroatoms. The molecule has 32 heavy (non-hydrogen) atoms. The number of carbonyl (C=O) groups is 2. The molecule has 1 aromatic heterocycles. The van der Waals surface area contributed by atoms with E-state index in [2.05, 4.69) is 16.7 Å². The van der Waals surface area contributed by atoms with Crippen molar-refractivity contribution in [3.8, 4) is 11.3 Å². The van der Waals surface area contributed by atoms with E-state index in [4.69, 9.17) is 14.2 Å². The van der Waals surface area contributed by atoms with Crippen molar-refractivity contribution in [2.24, 2.45) is 0 Å². The Kier molecular flexibility index (Phi) is 4.49. The first kappa shape index (κ1) is 19.4. The van der Waals surface area contributed by atoms with Gasteiger partial charge in [0.25, 0.3) is 0 Å². The van der Waals surface area contributed by atoms with Gasteiger partial charge in [-0.3, -0.25) is 0 Å². The minimum Gasteiger partial charge on any atom is -0.465 e. The molecule has 164 valence electrons. The zero-order valence-electron chi connectivity index (χ0n) is 18.0. The van der Waals surface area contributed by atoms with Gasteiger partial charge in [0.15, 0.2) is 12.2 Å². The third-order valence-electron chi connectivity index (χ3n) is 7.23. The fraction of sp³-hybridized carbons (Fsp3) is 0.385. The van der Waals surface area contributed by atoms with Crippen LogP contribution in [-0.4, -0.2) is 29.9 Å². The summed E-state index contributed by atoms with van der Waals surface area (Å²) in [5, 5.41) is 1.16. The van der Waals surface area contributed by atoms with Gasteiger partial charge in [-0.25, -0.2) is 9.59 Å². The van der Waals surface area contributed by atoms with Crippen LogP contribution in [0.4, 0.5) is 4.79 Å². The molecule has 6 rings (SSSR count). The zero-order chi connectivity index (χ0) is 21.8. The van der Waals surface area contributed by atoms with Crippen LogP contribution in [0.1, 0.15) is 65.6 Å². The number of esters is 1. The van der Waals surface area contributed by atoms with Gasteiger partial charge >= 0.3 is 12.1 Å². The predicted molar refractivity (Wildman–Crippen MR) is 119 cm³/mol. The van der Waals surface area contributed by atoms with E-state index in [9.17, 15) is 9.59 Å². The Morgan fingerprint density at radius 2 is 1.88 bits per heavy atom. The van der Waals surface area contributed by atoms with Crippen LogP contribution in [-0.2, 0) is 20.8 Å². The molecule has 3 aliphatic rings. The Morgan fingerprint density at radius 1 is 1.06 bits per heavy atom. The Morgan fingerprint density at radius 3 is 2.69 bits per heavy atom. The van der Waals surface area contributed by atoms with E-state index < -0.39 is 18.4 Å². The van der Waals surface area contributed by atoms with Crippen molar-refractivity contribution < 1.29 is 23.8 Å². The van der Waals surface area contributed by atoms with Crippen LogP contribution in [0.15, 0.2) is 42.5 Å². The van der Waals surface area contributed by atoms with Crippen molar-refractivity contribution >= 4 is 23.0 Å². The van der Waals surface area contributed by atoms with Gasteiger partial charge in [0.1, 0.15) is 0 Å². The lowest BCUT2D eigenvalue weighted by Gasteiger charge is -2.24. The number of carbonyl (C=O) groups excluding carboxylic acids is 2. The third-order valence-corrected chi connectivity index (χ3v) is 7.23. The molecule has 2 aliphatic heterocycles. The van der Waals surface area contributed by atoms with Gasteiger partial charge in [0, 0.05) is 22.0 Å². The molecule has 1 saturated carbocycles. The van der Waals surface area contributed by atoms with Gasteiger partial charge < -0.3 is 18.8 Å². The van der Waals surface area contributed by atoms with Gasteiger partial charge in [-0.15, -0.1) is 0 Å². The van der Waals surface area contributed by atoms with E-state index in [1.54, 1.807) is 0 Å². The fourth-order valence-electron chi connectivity index (χ4n) is 5.84. The third kappa shape index (κ3) is 2.85. The number of methoxy groups -OCH3 is 1. The van der Waals surface area contributed by atoms with Crippen molar-refractivity contribution in [1.82, 2.24) is 4.57 Å². The van der Waals surface area contributed by atoms with Crippen LogP contribution in [0.25, 0.3) is 22.2 Å². The zero-order valence-corrected chi connectivity index (χ0v) is 18.0. The Hall–Kier alpha value is -3.28. The SMILES string of the molecule is COC(=O)c1ccc2c(C3CCCCC3)c3n(c2c1)CC1OC(=O)OC1c1ccccc1-3. The van der Waals surface area contributed by atoms with Gasteiger partial charge in [-0.2, -0.15) is 0 Å². The highest BCUT2D eigenvalue weighted by molar-refractivity contribution is 5.99. The lowest BCUT2D eigenvalue weighted by Crippen LogP contribution is -2.20. The predicted octanol–water partition coefficient (Wildman–Crippen LogP) is 5.73. The highest BCUT2D eigenvalue weighted by Gasteiger charge is 2.43. The Labute approximate surface area is 186 Å². The fourth-order valence-corrected chi connectivity index (χ4v) is 5.84. The topological polar surface area (TPSA) is 66.8 Å². The summed E-state index contributed by atoms with van der Waals surface area (Å²) in [6.45, 7) is 0.480. The van der Waals surface area contributed by atoms with E-state index in [0.29, 0.717) is 18.0 Å². The maximum atomic E-state index is 12.3. The van der Waals surface area contributed by atoms with E-state index in [1.165, 1.54) is 37.6 Å². The van der Waals surface area contributed by atoms with E-state index >= 15 is 0 Å². The van der Waals surface area contributed by atoms with Gasteiger partial charge in [0.2, 0.25) is 0 Å². The van der Waals surface area contributed by atoms with Crippen molar-refractivity contribution in [2.75, 3.05) is 7.11 Å². The first-order valence-electron chi connectivity index (χ1n) is 11.4. The Balaban J connectivity index is 1.66. The summed E-state index contributed by atoms with van der Waals surface area (Å²) in [5.74, 6) is 0.102. The highest BCUT2D eigenvalue weighted by atomic mass is 16.8. The summed E-state index contributed by atoms with van der Waals surface area (Å²) >= 11 is 0. The first-order valence-corrected chi connectivity index (χ1v) is 11.4. The summed E-state index contributed by atoms with van der Waals surface area (Å²) in [6.07, 6.45) is 4.57. The molecule has 0 N–H and O–H groups in total. The second-order valence-electron chi connectivity index (χ2n) is 8.96. The van der Waals surface area contributed by atoms with Crippen LogP contribution in [0.3, 0.4) is 0 Å². The Bertz CT molecular complexity index is 1240. The lowest BCUT2D eigenvalue weighted by atomic mass is 9.81. The summed E-state index contributed by atoms with van der Waals surface area (Å²) in [4.78, 5) is 24.3. The maximum absolute atomic E-state index is 12.3. The number of hydrogen-bond acceptors (Lipinski definition) is 5. The molecular weight excluding hydrogens is 406 g/mol. The van der Waals surface area contributed by atoms with Crippen molar-refractivity contribution in [1.29, 1.82) is 0 Å². The minimum absolute atomic E-state index is 0.357. The van der Waals surface area contributed by atoms with E-state index in [1.807, 2.05) is 30.3 Å². The summed E-state index contributed by atoms with van der Waals surface area (Å²) in [6, 6.07) is 14.0. The van der Waals surface area contributed by atoms with E-state index in [0.717, 1.165) is 34.9 Å². The summed E-state index contributed by atoms with van der Waals surface area (Å²) < 4.78 is 18.4. The van der Waals surface area contributed by atoms with Crippen molar-refractivity contribution in [2.45, 2.75) is 56.8 Å². The molecule has 0 bridgehead atoms. The summed E-state index contributed by atoms with van der Waals surface area (Å²) in [5.41, 5.74) is 6.06. The molecule has 3 aromatic rings. The molecule has 3 heterocycles. The molecule has 0 radical (unpaired) electrons. The standard InChI is InChI=1S/C26H25NO5/c1-30-25(28)16-11-12-19-20(13-16)27-14-21-24(32-26(29)31-21)18-10-6-5-9-17(18)23(27)22(19)15-7-3-2-4-8-15/h5-6,9-13,15,21,24H,2-4,7-8,14H2,1H3. The van der Waals surface area contributed by atoms with E-state index in [-0.39, 0.29) is 5.97 Å². The van der Waals surface area contributed by atoms with Crippen LogP contribution in [0, 0.1) is 0 Å². The molecule has 2 fully saturated rings. The molecule has 6 nitrogen and oxygen atoms in total. The lowest BCUT2D eigenvalue weighted by molar-refractivity contribution is 0.0600. The number of benzene rings is 2. The number of rotatable bonds is 2. The molecule has 0 spiro atoms. The average Bonchev–Trinajstić information content (AvgIpc) is 3.32. The highest BCUT2D eigenvalue weighted by Crippen LogP contribution is 2.49. The number of hydrogen-bond donors (Lipinski definition) is 0.